The number of nitrogens with one attached hydrogen (secondary N) is 1. The number of aromatic nitrogens is 1. The summed E-state index contributed by atoms with van der Waals surface area (Å²) in [5.74, 6) is 0. The lowest BCUT2D eigenvalue weighted by atomic mass is 10.1. The minimum Gasteiger partial charge on any atom is -0.305 e. The molecule has 0 aliphatic rings. The highest BCUT2D eigenvalue weighted by Crippen LogP contribution is 2.29. The highest BCUT2D eigenvalue weighted by molar-refractivity contribution is 5.22. The first kappa shape index (κ1) is 15.7. The van der Waals surface area contributed by atoms with Crippen molar-refractivity contribution in [2.24, 2.45) is 0 Å². The van der Waals surface area contributed by atoms with Gasteiger partial charge in [0.15, 0.2) is 0 Å². The normalized spacial score (nSPS) is 13.2. The van der Waals surface area contributed by atoms with Crippen LogP contribution in [0.5, 0.6) is 0 Å². The van der Waals surface area contributed by atoms with Crippen LogP contribution < -0.4 is 5.32 Å². The first-order valence-electron chi connectivity index (χ1n) is 6.26. The third kappa shape index (κ3) is 5.03. The largest absolute Gasteiger partial charge is 0.417 e. The van der Waals surface area contributed by atoms with Crippen molar-refractivity contribution in [2.45, 2.75) is 39.4 Å². The predicted octanol–water partition coefficient (Wildman–Crippen LogP) is 4.11. The van der Waals surface area contributed by atoms with E-state index in [0.717, 1.165) is 30.8 Å². The number of alkyl halides is 3. The molecule has 0 spiro atoms. The summed E-state index contributed by atoms with van der Waals surface area (Å²) in [6.45, 7) is 6.72. The van der Waals surface area contributed by atoms with Crippen molar-refractivity contribution in [1.29, 1.82) is 0 Å². The van der Waals surface area contributed by atoms with Crippen LogP contribution in [0, 0.1) is 0 Å². The fraction of sp³-hybridized carbons (Fsp3) is 0.500. The predicted molar refractivity (Wildman–Crippen MR) is 69.7 cm³/mol. The Hall–Kier alpha value is -1.36. The summed E-state index contributed by atoms with van der Waals surface area (Å²) >= 11 is 0. The summed E-state index contributed by atoms with van der Waals surface area (Å²) in [4.78, 5) is 3.92. The molecule has 106 valence electrons. The van der Waals surface area contributed by atoms with E-state index >= 15 is 0 Å². The molecule has 2 nitrogen and oxygen atoms in total. The quantitative estimate of drug-likeness (QED) is 0.816. The molecule has 5 heteroatoms. The molecule has 19 heavy (non-hydrogen) atoms. The zero-order valence-corrected chi connectivity index (χ0v) is 11.4. The Morgan fingerprint density at radius 2 is 2.05 bits per heavy atom. The van der Waals surface area contributed by atoms with Gasteiger partial charge in [0.2, 0.25) is 0 Å². The van der Waals surface area contributed by atoms with E-state index in [-0.39, 0.29) is 6.04 Å². The van der Waals surface area contributed by atoms with E-state index in [1.807, 2.05) is 26.8 Å². The Balaban J connectivity index is 2.94. The molecule has 0 aromatic carbocycles. The van der Waals surface area contributed by atoms with E-state index in [9.17, 15) is 13.2 Å². The van der Waals surface area contributed by atoms with Gasteiger partial charge < -0.3 is 5.32 Å². The number of hydrogen-bond donors (Lipinski definition) is 1. The van der Waals surface area contributed by atoms with Crippen LogP contribution in [0.15, 0.2) is 30.0 Å². The van der Waals surface area contributed by atoms with Gasteiger partial charge in [0.25, 0.3) is 0 Å². The van der Waals surface area contributed by atoms with Crippen LogP contribution in [0.4, 0.5) is 13.2 Å². The van der Waals surface area contributed by atoms with Gasteiger partial charge in [0.1, 0.15) is 0 Å². The average molecular weight is 272 g/mol. The van der Waals surface area contributed by atoms with Crippen molar-refractivity contribution in [3.63, 3.8) is 0 Å². The molecule has 0 radical (unpaired) electrons. The summed E-state index contributed by atoms with van der Waals surface area (Å²) in [6.07, 6.45) is -0.540. The van der Waals surface area contributed by atoms with Crippen LogP contribution in [0.3, 0.4) is 0 Å². The molecular weight excluding hydrogens is 253 g/mol. The van der Waals surface area contributed by atoms with Gasteiger partial charge in [0, 0.05) is 6.20 Å². The SMILES string of the molecule is CCCNC(C=C(C)C)c1ccc(C(F)(F)F)cn1. The Morgan fingerprint density at radius 3 is 2.47 bits per heavy atom. The van der Waals surface area contributed by atoms with Crippen molar-refractivity contribution in [3.05, 3.63) is 41.2 Å². The monoisotopic (exact) mass is 272 g/mol. The van der Waals surface area contributed by atoms with Crippen molar-refractivity contribution in [2.75, 3.05) is 6.54 Å². The molecule has 0 fully saturated rings. The second kappa shape index (κ2) is 6.70. The zero-order valence-electron chi connectivity index (χ0n) is 11.4. The molecule has 1 atom stereocenters. The van der Waals surface area contributed by atoms with Crippen LogP contribution in [-0.2, 0) is 6.18 Å². The van der Waals surface area contributed by atoms with Crippen molar-refractivity contribution in [1.82, 2.24) is 10.3 Å². The van der Waals surface area contributed by atoms with Crippen molar-refractivity contribution in [3.8, 4) is 0 Å². The molecule has 0 saturated heterocycles. The summed E-state index contributed by atoms with van der Waals surface area (Å²) in [7, 11) is 0. The lowest BCUT2D eigenvalue weighted by Gasteiger charge is -2.16. The standard InChI is InChI=1S/C14H19F3N2/c1-4-7-18-13(8-10(2)3)12-6-5-11(9-19-12)14(15,16)17/h5-6,8-9,13,18H,4,7H2,1-3H3. The van der Waals surface area contributed by atoms with Gasteiger partial charge in [-0.2, -0.15) is 13.2 Å². The minimum atomic E-state index is -4.34. The third-order valence-corrected chi connectivity index (χ3v) is 2.55. The Labute approximate surface area is 111 Å². The molecule has 1 aromatic heterocycles. The minimum absolute atomic E-state index is 0.146. The van der Waals surface area contributed by atoms with Gasteiger partial charge in [-0.15, -0.1) is 0 Å². The highest BCUT2D eigenvalue weighted by atomic mass is 19.4. The molecule has 0 amide bonds. The van der Waals surface area contributed by atoms with Gasteiger partial charge in [-0.25, -0.2) is 0 Å². The molecule has 1 unspecified atom stereocenters. The Kier molecular flexibility index (Phi) is 5.54. The summed E-state index contributed by atoms with van der Waals surface area (Å²) in [6, 6.07) is 2.35. The maximum atomic E-state index is 12.5. The average Bonchev–Trinajstić information content (AvgIpc) is 2.33. The Bertz CT molecular complexity index is 417. The summed E-state index contributed by atoms with van der Waals surface area (Å²) in [5.41, 5.74) is 0.973. The number of rotatable bonds is 5. The van der Waals surface area contributed by atoms with E-state index in [1.54, 1.807) is 0 Å². The van der Waals surface area contributed by atoms with Gasteiger partial charge >= 0.3 is 6.18 Å². The lowest BCUT2D eigenvalue weighted by Crippen LogP contribution is -2.22. The first-order valence-corrected chi connectivity index (χ1v) is 6.26. The fourth-order valence-corrected chi connectivity index (χ4v) is 1.64. The number of halogens is 3. The van der Waals surface area contributed by atoms with Crippen LogP contribution >= 0.6 is 0 Å². The van der Waals surface area contributed by atoms with E-state index in [2.05, 4.69) is 10.3 Å². The molecule has 0 aliphatic heterocycles. The van der Waals surface area contributed by atoms with Gasteiger partial charge in [-0.3, -0.25) is 4.98 Å². The van der Waals surface area contributed by atoms with Gasteiger partial charge in [-0.05, 0) is 38.9 Å². The molecule has 0 bridgehead atoms. The van der Waals surface area contributed by atoms with Gasteiger partial charge in [0.05, 0.1) is 17.3 Å². The molecule has 1 N–H and O–H groups in total. The molecule has 1 heterocycles. The third-order valence-electron chi connectivity index (χ3n) is 2.55. The number of pyridine rings is 1. The fourth-order valence-electron chi connectivity index (χ4n) is 1.64. The van der Waals surface area contributed by atoms with E-state index in [4.69, 9.17) is 0 Å². The van der Waals surface area contributed by atoms with Crippen LogP contribution in [-0.4, -0.2) is 11.5 Å². The summed E-state index contributed by atoms with van der Waals surface area (Å²) < 4.78 is 37.4. The van der Waals surface area contributed by atoms with Crippen molar-refractivity contribution < 1.29 is 13.2 Å². The molecular formula is C14H19F3N2. The van der Waals surface area contributed by atoms with Gasteiger partial charge in [-0.1, -0.05) is 18.6 Å². The topological polar surface area (TPSA) is 24.9 Å². The summed E-state index contributed by atoms with van der Waals surface area (Å²) in [5, 5.41) is 3.26. The number of nitrogens with zero attached hydrogens (tertiary/aromatic N) is 1. The van der Waals surface area contributed by atoms with Crippen molar-refractivity contribution >= 4 is 0 Å². The lowest BCUT2D eigenvalue weighted by molar-refractivity contribution is -0.137. The van der Waals surface area contributed by atoms with Crippen LogP contribution in [0.1, 0.15) is 44.5 Å². The molecule has 0 saturated carbocycles. The number of hydrogen-bond acceptors (Lipinski definition) is 2. The van der Waals surface area contributed by atoms with Crippen LogP contribution in [0.25, 0.3) is 0 Å². The Morgan fingerprint density at radius 1 is 1.37 bits per heavy atom. The smallest absolute Gasteiger partial charge is 0.305 e. The highest BCUT2D eigenvalue weighted by Gasteiger charge is 2.30. The zero-order chi connectivity index (χ0) is 14.5. The van der Waals surface area contributed by atoms with E-state index in [1.165, 1.54) is 6.07 Å². The molecule has 1 rings (SSSR count). The maximum absolute atomic E-state index is 12.5. The second-order valence-electron chi connectivity index (χ2n) is 4.65. The van der Waals surface area contributed by atoms with Crippen LogP contribution in [0.2, 0.25) is 0 Å². The first-order chi connectivity index (χ1) is 8.84. The maximum Gasteiger partial charge on any atom is 0.417 e. The molecule has 0 aliphatic carbocycles. The number of allylic oxidation sites excluding steroid dienone is 1. The van der Waals surface area contributed by atoms with E-state index < -0.39 is 11.7 Å². The second-order valence-corrected chi connectivity index (χ2v) is 4.65. The van der Waals surface area contributed by atoms with E-state index in [0.29, 0.717) is 5.69 Å². The molecule has 1 aromatic rings.